The van der Waals surface area contributed by atoms with Gasteiger partial charge in [-0.3, -0.25) is 14.6 Å². The Labute approximate surface area is 323 Å². The zero-order valence-electron chi connectivity index (χ0n) is 34.8. The number of hydrogen-bond acceptors (Lipinski definition) is 5. The molecule has 6 heteroatoms. The fourth-order valence-electron chi connectivity index (χ4n) is 7.70. The van der Waals surface area contributed by atoms with Gasteiger partial charge in [0.25, 0.3) is 0 Å². The third-order valence-corrected chi connectivity index (χ3v) is 11.1. The highest BCUT2D eigenvalue weighted by atomic mass is 16.5. The summed E-state index contributed by atoms with van der Waals surface area (Å²) in [6, 6.07) is 0. The fraction of sp³-hybridized carbons (Fsp3) is 0.935. The van der Waals surface area contributed by atoms with Crippen molar-refractivity contribution in [2.45, 2.75) is 251 Å². The molecule has 1 N–H and O–H groups in total. The molecule has 0 saturated heterocycles. The van der Waals surface area contributed by atoms with E-state index in [1.54, 1.807) is 0 Å². The maximum Gasteiger partial charge on any atom is 0.305 e. The molecule has 0 atom stereocenters. The molecule has 0 fully saturated rings. The maximum absolute atomic E-state index is 12.0. The van der Waals surface area contributed by atoms with Gasteiger partial charge in [-0.1, -0.05) is 200 Å². The number of carboxylic acids is 1. The number of rotatable bonds is 42. The molecular weight excluding hydrogens is 645 g/mol. The minimum absolute atomic E-state index is 0.0149. The molecule has 0 spiro atoms. The van der Waals surface area contributed by atoms with Gasteiger partial charge >= 0.3 is 11.9 Å². The number of carbonyl (C=O) groups is 2. The molecule has 52 heavy (non-hydrogen) atoms. The molecule has 0 aliphatic carbocycles. The monoisotopic (exact) mass is 733 g/mol. The van der Waals surface area contributed by atoms with Crippen LogP contribution >= 0.6 is 0 Å². The molecule has 0 aromatic carbocycles. The van der Waals surface area contributed by atoms with E-state index in [1.165, 1.54) is 205 Å². The van der Waals surface area contributed by atoms with E-state index in [0.717, 1.165) is 51.6 Å². The highest BCUT2D eigenvalue weighted by Crippen LogP contribution is 2.17. The van der Waals surface area contributed by atoms with Crippen molar-refractivity contribution in [3.63, 3.8) is 0 Å². The van der Waals surface area contributed by atoms with Crippen LogP contribution in [0.25, 0.3) is 0 Å². The molecule has 0 aromatic heterocycles. The molecule has 0 unspecified atom stereocenters. The average molecular weight is 733 g/mol. The van der Waals surface area contributed by atoms with Crippen molar-refractivity contribution >= 4 is 17.8 Å². The van der Waals surface area contributed by atoms with E-state index in [9.17, 15) is 9.59 Å². The second kappa shape index (κ2) is 39.1. The first-order chi connectivity index (χ1) is 25.6. The molecule has 6 nitrogen and oxygen atoms in total. The number of carbonyl (C=O) groups excluding carboxylic acids is 1. The highest BCUT2D eigenvalue weighted by Gasteiger charge is 2.15. The maximum atomic E-state index is 12.0. The fourth-order valence-corrected chi connectivity index (χ4v) is 7.70. The molecule has 0 bridgehead atoms. The van der Waals surface area contributed by atoms with Crippen molar-refractivity contribution in [1.82, 2.24) is 4.90 Å². The van der Waals surface area contributed by atoms with Crippen molar-refractivity contribution in [1.29, 1.82) is 0 Å². The minimum atomic E-state index is -0.662. The van der Waals surface area contributed by atoms with E-state index < -0.39 is 5.97 Å². The van der Waals surface area contributed by atoms with Gasteiger partial charge in [-0.05, 0) is 32.1 Å². The Bertz CT molecular complexity index is 816. The average Bonchev–Trinajstić information content (AvgIpc) is 3.59. The van der Waals surface area contributed by atoms with Gasteiger partial charge in [0.1, 0.15) is 0 Å². The number of nitrogens with zero attached hydrogens (tertiary/aromatic N) is 2. The predicted molar refractivity (Wildman–Crippen MR) is 224 cm³/mol. The Balaban J connectivity index is 1.77. The highest BCUT2D eigenvalue weighted by molar-refractivity contribution is 5.83. The van der Waals surface area contributed by atoms with Gasteiger partial charge in [-0.15, -0.1) is 0 Å². The second-order valence-corrected chi connectivity index (χ2v) is 16.2. The SMILES string of the molecule is CCCCCCCCCCCCCCCCOC(=O)CCCCCCCCCCCCCN1CCN=C1CCCCCCCCCCCCC(=O)O. The normalized spacial score (nSPS) is 12.9. The molecule has 306 valence electrons. The number of hydrogen-bond donors (Lipinski definition) is 1. The van der Waals surface area contributed by atoms with Crippen LogP contribution in [0.15, 0.2) is 4.99 Å². The van der Waals surface area contributed by atoms with Gasteiger partial charge < -0.3 is 14.7 Å². The molecule has 1 aliphatic rings. The predicted octanol–water partition coefficient (Wildman–Crippen LogP) is 14.2. The van der Waals surface area contributed by atoms with E-state index in [0.29, 0.717) is 19.4 Å². The number of aliphatic imine (C=N–C) groups is 1. The summed E-state index contributed by atoms with van der Waals surface area (Å²) in [5.41, 5.74) is 0. The Hall–Kier alpha value is -1.59. The van der Waals surface area contributed by atoms with Crippen molar-refractivity contribution in [2.75, 3.05) is 26.2 Å². The minimum Gasteiger partial charge on any atom is -0.481 e. The van der Waals surface area contributed by atoms with Crippen LogP contribution in [0.1, 0.15) is 251 Å². The zero-order chi connectivity index (χ0) is 37.4. The van der Waals surface area contributed by atoms with Gasteiger partial charge in [-0.25, -0.2) is 0 Å². The summed E-state index contributed by atoms with van der Waals surface area (Å²) in [7, 11) is 0. The number of unbranched alkanes of at least 4 members (excludes halogenated alkanes) is 32. The van der Waals surface area contributed by atoms with Gasteiger partial charge in [-0.2, -0.15) is 0 Å². The number of amidine groups is 1. The summed E-state index contributed by atoms with van der Waals surface area (Å²) in [6.45, 7) is 6.22. The third-order valence-electron chi connectivity index (χ3n) is 11.1. The van der Waals surface area contributed by atoms with Gasteiger partial charge in [0.2, 0.25) is 0 Å². The van der Waals surface area contributed by atoms with Crippen molar-refractivity contribution in [3.05, 3.63) is 0 Å². The first-order valence-electron chi connectivity index (χ1n) is 23.3. The van der Waals surface area contributed by atoms with Crippen LogP contribution in [0, 0.1) is 0 Å². The van der Waals surface area contributed by atoms with Crippen LogP contribution in [-0.4, -0.2) is 54.0 Å². The van der Waals surface area contributed by atoms with Crippen molar-refractivity contribution in [3.8, 4) is 0 Å². The van der Waals surface area contributed by atoms with Crippen molar-refractivity contribution < 1.29 is 19.4 Å². The molecule has 1 heterocycles. The largest absolute Gasteiger partial charge is 0.481 e. The molecule has 0 aromatic rings. The van der Waals surface area contributed by atoms with Gasteiger partial charge in [0.15, 0.2) is 0 Å². The molecular formula is C46H88N2O4. The lowest BCUT2D eigenvalue weighted by molar-refractivity contribution is -0.144. The summed E-state index contributed by atoms with van der Waals surface area (Å²) >= 11 is 0. The van der Waals surface area contributed by atoms with Crippen LogP contribution in [0.3, 0.4) is 0 Å². The summed E-state index contributed by atoms with van der Waals surface area (Å²) in [5, 5.41) is 8.69. The molecule has 0 amide bonds. The quantitative estimate of drug-likeness (QED) is 0.0499. The van der Waals surface area contributed by atoms with E-state index in [-0.39, 0.29) is 5.97 Å². The topological polar surface area (TPSA) is 79.2 Å². The molecule has 0 radical (unpaired) electrons. The summed E-state index contributed by atoms with van der Waals surface area (Å²) in [5.74, 6) is 0.726. The second-order valence-electron chi connectivity index (χ2n) is 16.2. The lowest BCUT2D eigenvalue weighted by atomic mass is 10.0. The first kappa shape index (κ1) is 48.4. The van der Waals surface area contributed by atoms with Crippen molar-refractivity contribution in [2.24, 2.45) is 4.99 Å². The van der Waals surface area contributed by atoms with Gasteiger partial charge in [0, 0.05) is 32.4 Å². The van der Waals surface area contributed by atoms with Crippen LogP contribution in [0.5, 0.6) is 0 Å². The molecule has 1 rings (SSSR count). The Morgan fingerprint density at radius 3 is 1.37 bits per heavy atom. The smallest absolute Gasteiger partial charge is 0.305 e. The zero-order valence-corrected chi connectivity index (χ0v) is 34.8. The van der Waals surface area contributed by atoms with Gasteiger partial charge in [0.05, 0.1) is 19.0 Å². The van der Waals surface area contributed by atoms with E-state index in [1.807, 2.05) is 0 Å². The van der Waals surface area contributed by atoms with Crippen LogP contribution in [-0.2, 0) is 14.3 Å². The number of ether oxygens (including phenoxy) is 1. The summed E-state index contributed by atoms with van der Waals surface area (Å²) < 4.78 is 5.47. The summed E-state index contributed by atoms with van der Waals surface area (Å²) in [4.78, 5) is 30.0. The first-order valence-corrected chi connectivity index (χ1v) is 23.3. The molecule has 1 aliphatic heterocycles. The van der Waals surface area contributed by atoms with E-state index in [2.05, 4.69) is 11.8 Å². The Kier molecular flexibility index (Phi) is 36.4. The van der Waals surface area contributed by atoms with Crippen LogP contribution in [0.2, 0.25) is 0 Å². The summed E-state index contributed by atoms with van der Waals surface area (Å²) in [6.07, 6.45) is 47.4. The number of esters is 1. The number of aliphatic carboxylic acids is 1. The van der Waals surface area contributed by atoms with Crippen LogP contribution < -0.4 is 0 Å². The van der Waals surface area contributed by atoms with E-state index >= 15 is 0 Å². The van der Waals surface area contributed by atoms with Crippen LogP contribution in [0.4, 0.5) is 0 Å². The molecule has 0 saturated carbocycles. The standard InChI is InChI=1S/C46H88N2O4/c1-2-3-4-5-6-7-8-9-10-16-21-26-31-36-43-52-46(51)39-34-29-24-19-12-11-15-20-25-30-35-41-48-42-40-47-44(48)37-32-27-22-17-13-14-18-23-28-33-38-45(49)50/h2-43H2,1H3,(H,49,50). The van der Waals surface area contributed by atoms with E-state index in [4.69, 9.17) is 14.8 Å². The lowest BCUT2D eigenvalue weighted by Crippen LogP contribution is -2.28. The number of carboxylic acid groups (broad SMARTS) is 1. The lowest BCUT2D eigenvalue weighted by Gasteiger charge is -2.20. The Morgan fingerprint density at radius 2 is 0.904 bits per heavy atom. The Morgan fingerprint density at radius 1 is 0.519 bits per heavy atom. The third kappa shape index (κ3) is 34.2.